The minimum absolute atomic E-state index is 0.188. The Morgan fingerprint density at radius 1 is 1.42 bits per heavy atom. The topological polar surface area (TPSA) is 41.3 Å². The highest BCUT2D eigenvalue weighted by Crippen LogP contribution is 2.21. The van der Waals surface area contributed by atoms with Crippen LogP contribution in [0, 0.1) is 11.8 Å². The lowest BCUT2D eigenvalue weighted by Gasteiger charge is -2.33. The molecule has 0 saturated carbocycles. The van der Waals surface area contributed by atoms with Gasteiger partial charge in [-0.1, -0.05) is 13.8 Å². The maximum absolute atomic E-state index is 9.72. The number of rotatable bonds is 5. The number of aromatic nitrogens is 2. The summed E-state index contributed by atoms with van der Waals surface area (Å²) in [6, 6.07) is 0. The van der Waals surface area contributed by atoms with Crippen LogP contribution in [-0.2, 0) is 13.1 Å². The van der Waals surface area contributed by atoms with Gasteiger partial charge in [-0.15, -0.1) is 0 Å². The Morgan fingerprint density at radius 3 is 2.89 bits per heavy atom. The standard InChI is InChI=1S/C15H27N3O/c1-12(2)8-18-10-14(7-16-18)9-17-6-4-5-15(11-17)13(3)19/h7,10,12-13,15,19H,4-6,8-9,11H2,1-3H3/t13-,15-/m1/s1. The first-order valence-electron chi connectivity index (χ1n) is 7.46. The molecule has 1 fully saturated rings. The molecule has 2 rings (SSSR count). The predicted octanol–water partition coefficient (Wildman–Crippen LogP) is 2.13. The van der Waals surface area contributed by atoms with Gasteiger partial charge in [0, 0.05) is 31.4 Å². The second-order valence-corrected chi connectivity index (χ2v) is 6.34. The lowest BCUT2D eigenvalue weighted by atomic mass is 9.93. The molecule has 0 bridgehead atoms. The van der Waals surface area contributed by atoms with Crippen LogP contribution in [0.4, 0.5) is 0 Å². The molecular formula is C15H27N3O. The largest absolute Gasteiger partial charge is 0.393 e. The van der Waals surface area contributed by atoms with Crippen molar-refractivity contribution in [3.63, 3.8) is 0 Å². The maximum Gasteiger partial charge on any atom is 0.0552 e. The molecule has 4 nitrogen and oxygen atoms in total. The molecule has 1 aliphatic heterocycles. The minimum atomic E-state index is -0.188. The van der Waals surface area contributed by atoms with E-state index in [9.17, 15) is 5.11 Å². The highest BCUT2D eigenvalue weighted by atomic mass is 16.3. The van der Waals surface area contributed by atoms with Gasteiger partial charge in [0.15, 0.2) is 0 Å². The third-order valence-electron chi connectivity index (χ3n) is 3.87. The fourth-order valence-electron chi connectivity index (χ4n) is 2.85. The van der Waals surface area contributed by atoms with E-state index in [1.54, 1.807) is 0 Å². The van der Waals surface area contributed by atoms with E-state index in [-0.39, 0.29) is 6.10 Å². The summed E-state index contributed by atoms with van der Waals surface area (Å²) in [5.41, 5.74) is 1.28. The lowest BCUT2D eigenvalue weighted by molar-refractivity contribution is 0.0599. The van der Waals surface area contributed by atoms with Gasteiger partial charge in [-0.05, 0) is 38.1 Å². The van der Waals surface area contributed by atoms with Crippen molar-refractivity contribution in [3.05, 3.63) is 18.0 Å². The molecule has 1 saturated heterocycles. The van der Waals surface area contributed by atoms with E-state index in [2.05, 4.69) is 30.0 Å². The van der Waals surface area contributed by atoms with Crippen molar-refractivity contribution in [2.45, 2.75) is 52.8 Å². The van der Waals surface area contributed by atoms with E-state index in [1.807, 2.05) is 17.8 Å². The Morgan fingerprint density at radius 2 is 2.21 bits per heavy atom. The van der Waals surface area contributed by atoms with Gasteiger partial charge in [0.2, 0.25) is 0 Å². The molecule has 0 aliphatic carbocycles. The number of aliphatic hydroxyl groups excluding tert-OH is 1. The van der Waals surface area contributed by atoms with E-state index < -0.39 is 0 Å². The number of likely N-dealkylation sites (tertiary alicyclic amines) is 1. The molecule has 1 N–H and O–H groups in total. The highest BCUT2D eigenvalue weighted by Gasteiger charge is 2.23. The Hall–Kier alpha value is -0.870. The van der Waals surface area contributed by atoms with Crippen molar-refractivity contribution >= 4 is 0 Å². The van der Waals surface area contributed by atoms with Crippen LogP contribution in [-0.4, -0.2) is 39.0 Å². The first kappa shape index (κ1) is 14.5. The molecular weight excluding hydrogens is 238 g/mol. The van der Waals surface area contributed by atoms with Gasteiger partial charge in [0.25, 0.3) is 0 Å². The first-order valence-corrected chi connectivity index (χ1v) is 7.46. The smallest absolute Gasteiger partial charge is 0.0552 e. The quantitative estimate of drug-likeness (QED) is 0.887. The Kier molecular flexibility index (Phi) is 4.99. The minimum Gasteiger partial charge on any atom is -0.393 e. The second kappa shape index (κ2) is 6.53. The molecule has 1 aromatic rings. The van der Waals surface area contributed by atoms with Gasteiger partial charge in [0.05, 0.1) is 12.3 Å². The zero-order chi connectivity index (χ0) is 13.8. The van der Waals surface area contributed by atoms with Gasteiger partial charge in [-0.25, -0.2) is 0 Å². The fourth-order valence-corrected chi connectivity index (χ4v) is 2.85. The average Bonchev–Trinajstić information content (AvgIpc) is 2.76. The van der Waals surface area contributed by atoms with Crippen LogP contribution in [0.3, 0.4) is 0 Å². The van der Waals surface area contributed by atoms with Crippen LogP contribution in [0.1, 0.15) is 39.2 Å². The molecule has 0 radical (unpaired) electrons. The van der Waals surface area contributed by atoms with Crippen molar-refractivity contribution in [2.24, 2.45) is 11.8 Å². The van der Waals surface area contributed by atoms with Crippen LogP contribution in [0.25, 0.3) is 0 Å². The SMILES string of the molecule is CC(C)Cn1cc(CN2CCC[C@@H]([C@@H](C)O)C2)cn1. The van der Waals surface area contributed by atoms with Gasteiger partial charge in [-0.3, -0.25) is 9.58 Å². The van der Waals surface area contributed by atoms with Crippen molar-refractivity contribution in [3.8, 4) is 0 Å². The van der Waals surface area contributed by atoms with Crippen LogP contribution in [0.5, 0.6) is 0 Å². The molecule has 4 heteroatoms. The molecule has 0 amide bonds. The van der Waals surface area contributed by atoms with Gasteiger partial charge in [0.1, 0.15) is 0 Å². The van der Waals surface area contributed by atoms with Crippen LogP contribution in [0.15, 0.2) is 12.4 Å². The summed E-state index contributed by atoms with van der Waals surface area (Å²) in [5, 5.41) is 14.1. The van der Waals surface area contributed by atoms with E-state index in [0.29, 0.717) is 11.8 Å². The van der Waals surface area contributed by atoms with Crippen LogP contribution < -0.4 is 0 Å². The van der Waals surface area contributed by atoms with E-state index in [0.717, 1.165) is 32.6 Å². The number of nitrogens with zero attached hydrogens (tertiary/aromatic N) is 3. The second-order valence-electron chi connectivity index (χ2n) is 6.34. The molecule has 108 valence electrons. The molecule has 0 spiro atoms. The van der Waals surface area contributed by atoms with E-state index in [1.165, 1.54) is 12.0 Å². The summed E-state index contributed by atoms with van der Waals surface area (Å²) in [6.07, 6.45) is 6.29. The van der Waals surface area contributed by atoms with Crippen molar-refractivity contribution in [1.82, 2.24) is 14.7 Å². The Balaban J connectivity index is 1.88. The molecule has 19 heavy (non-hydrogen) atoms. The molecule has 0 unspecified atom stereocenters. The average molecular weight is 265 g/mol. The monoisotopic (exact) mass is 265 g/mol. The summed E-state index contributed by atoms with van der Waals surface area (Å²) in [7, 11) is 0. The molecule has 0 aromatic carbocycles. The van der Waals surface area contributed by atoms with Gasteiger partial charge < -0.3 is 5.11 Å². The maximum atomic E-state index is 9.72. The number of piperidine rings is 1. The van der Waals surface area contributed by atoms with E-state index >= 15 is 0 Å². The van der Waals surface area contributed by atoms with Crippen LogP contribution in [0.2, 0.25) is 0 Å². The summed E-state index contributed by atoms with van der Waals surface area (Å²) in [6.45, 7) is 10.4. The van der Waals surface area contributed by atoms with E-state index in [4.69, 9.17) is 0 Å². The normalized spacial score (nSPS) is 22.9. The molecule has 2 atom stereocenters. The van der Waals surface area contributed by atoms with Crippen molar-refractivity contribution in [2.75, 3.05) is 13.1 Å². The number of hydrogen-bond acceptors (Lipinski definition) is 3. The summed E-state index contributed by atoms with van der Waals surface area (Å²) < 4.78 is 2.04. The Labute approximate surface area is 116 Å². The molecule has 2 heterocycles. The highest BCUT2D eigenvalue weighted by molar-refractivity contribution is 5.04. The number of aliphatic hydroxyl groups is 1. The zero-order valence-electron chi connectivity index (χ0n) is 12.4. The third kappa shape index (κ3) is 4.32. The first-order chi connectivity index (χ1) is 9.04. The predicted molar refractivity (Wildman–Crippen MR) is 76.7 cm³/mol. The summed E-state index contributed by atoms with van der Waals surface area (Å²) in [4.78, 5) is 2.44. The molecule has 1 aromatic heterocycles. The lowest BCUT2D eigenvalue weighted by Crippen LogP contribution is -2.38. The number of hydrogen-bond donors (Lipinski definition) is 1. The van der Waals surface area contributed by atoms with Gasteiger partial charge >= 0.3 is 0 Å². The van der Waals surface area contributed by atoms with Crippen molar-refractivity contribution < 1.29 is 5.11 Å². The van der Waals surface area contributed by atoms with Crippen molar-refractivity contribution in [1.29, 1.82) is 0 Å². The van der Waals surface area contributed by atoms with Gasteiger partial charge in [-0.2, -0.15) is 5.10 Å². The fraction of sp³-hybridized carbons (Fsp3) is 0.800. The van der Waals surface area contributed by atoms with Crippen LogP contribution >= 0.6 is 0 Å². The Bertz CT molecular complexity index is 386. The summed E-state index contributed by atoms with van der Waals surface area (Å²) in [5.74, 6) is 1.06. The molecule has 1 aliphatic rings. The third-order valence-corrected chi connectivity index (χ3v) is 3.87. The zero-order valence-corrected chi connectivity index (χ0v) is 12.4. The summed E-state index contributed by atoms with van der Waals surface area (Å²) >= 11 is 0.